The predicted molar refractivity (Wildman–Crippen MR) is 74.3 cm³/mol. The highest BCUT2D eigenvalue weighted by molar-refractivity contribution is 7.89. The van der Waals surface area contributed by atoms with Gasteiger partial charge in [0.2, 0.25) is 15.9 Å². The fourth-order valence-corrected chi connectivity index (χ4v) is 4.91. The molecule has 2 N–H and O–H groups in total. The summed E-state index contributed by atoms with van der Waals surface area (Å²) in [6.07, 6.45) is -0.397. The summed E-state index contributed by atoms with van der Waals surface area (Å²) in [4.78, 5) is 0.200. The van der Waals surface area contributed by atoms with Crippen LogP contribution in [0.5, 0.6) is 0 Å². The van der Waals surface area contributed by atoms with Gasteiger partial charge in [0, 0.05) is 32.5 Å². The first-order valence-electron chi connectivity index (χ1n) is 6.99. The molecule has 7 heteroatoms. The average Bonchev–Trinajstić information content (AvgIpc) is 2.92. The third-order valence-electron chi connectivity index (χ3n) is 4.46. The van der Waals surface area contributed by atoms with Gasteiger partial charge in [0.25, 0.3) is 0 Å². The fraction of sp³-hybridized carbons (Fsp3) is 0.571. The van der Waals surface area contributed by atoms with Crippen LogP contribution in [-0.2, 0) is 16.6 Å². The number of halogens is 2. The van der Waals surface area contributed by atoms with Crippen LogP contribution >= 0.6 is 0 Å². The van der Waals surface area contributed by atoms with Crippen LogP contribution in [0, 0.1) is 11.8 Å². The molecule has 0 bridgehead atoms. The minimum Gasteiger partial charge on any atom is -0.326 e. The number of benzene rings is 1. The predicted octanol–water partition coefficient (Wildman–Crippen LogP) is 1.81. The number of sulfonamides is 1. The zero-order valence-corrected chi connectivity index (χ0v) is 12.3. The van der Waals surface area contributed by atoms with E-state index in [0.717, 1.165) is 5.56 Å². The molecule has 3 rings (SSSR count). The monoisotopic (exact) mass is 316 g/mol. The van der Waals surface area contributed by atoms with E-state index in [1.165, 1.54) is 16.4 Å². The smallest absolute Gasteiger partial charge is 0.248 e. The van der Waals surface area contributed by atoms with E-state index >= 15 is 0 Å². The molecule has 21 heavy (non-hydrogen) atoms. The van der Waals surface area contributed by atoms with E-state index in [4.69, 9.17) is 5.73 Å². The van der Waals surface area contributed by atoms with Gasteiger partial charge < -0.3 is 5.73 Å². The number of hydrogen-bond acceptors (Lipinski definition) is 3. The molecule has 0 amide bonds. The standard InChI is InChI=1S/C14H18F2N2O2S/c15-14(16)5-11-8-18(9-12(11)6-14)21(19,20)13-3-1-10(7-17)2-4-13/h1-4,11-12H,5-9,17H2. The lowest BCUT2D eigenvalue weighted by molar-refractivity contribution is -0.000617. The molecular formula is C14H18F2N2O2S. The normalized spacial score (nSPS) is 28.7. The Morgan fingerprint density at radius 2 is 1.67 bits per heavy atom. The van der Waals surface area contributed by atoms with Crippen LogP contribution in [0.1, 0.15) is 18.4 Å². The van der Waals surface area contributed by atoms with Crippen molar-refractivity contribution in [2.45, 2.75) is 30.2 Å². The molecule has 1 aromatic rings. The van der Waals surface area contributed by atoms with E-state index < -0.39 is 15.9 Å². The van der Waals surface area contributed by atoms with Gasteiger partial charge in [0.15, 0.2) is 0 Å². The van der Waals surface area contributed by atoms with Gasteiger partial charge >= 0.3 is 0 Å². The Labute approximate surface area is 123 Å². The molecule has 1 aliphatic heterocycles. The minimum absolute atomic E-state index is 0.196. The van der Waals surface area contributed by atoms with Crippen molar-refractivity contribution in [3.8, 4) is 0 Å². The molecular weight excluding hydrogens is 298 g/mol. The fourth-order valence-electron chi connectivity index (χ4n) is 3.35. The molecule has 0 spiro atoms. The number of alkyl halides is 2. The summed E-state index contributed by atoms with van der Waals surface area (Å²) >= 11 is 0. The number of fused-ring (bicyclic) bond motifs is 1. The van der Waals surface area contributed by atoms with Crippen LogP contribution in [0.4, 0.5) is 8.78 Å². The summed E-state index contributed by atoms with van der Waals surface area (Å²) in [5, 5.41) is 0. The Morgan fingerprint density at radius 3 is 2.14 bits per heavy atom. The maximum atomic E-state index is 13.3. The van der Waals surface area contributed by atoms with Gasteiger partial charge in [0.1, 0.15) is 0 Å². The van der Waals surface area contributed by atoms with Crippen LogP contribution in [0.3, 0.4) is 0 Å². The lowest BCUT2D eigenvalue weighted by Crippen LogP contribution is -2.31. The molecule has 1 aliphatic carbocycles. The molecule has 1 heterocycles. The lowest BCUT2D eigenvalue weighted by Gasteiger charge is -2.19. The van der Waals surface area contributed by atoms with E-state index in [9.17, 15) is 17.2 Å². The van der Waals surface area contributed by atoms with Gasteiger partial charge in [-0.2, -0.15) is 4.31 Å². The summed E-state index contributed by atoms with van der Waals surface area (Å²) in [6, 6.07) is 6.41. The van der Waals surface area contributed by atoms with Crippen molar-refractivity contribution in [2.75, 3.05) is 13.1 Å². The van der Waals surface area contributed by atoms with E-state index in [0.29, 0.717) is 6.54 Å². The van der Waals surface area contributed by atoms with Crippen molar-refractivity contribution in [2.24, 2.45) is 17.6 Å². The summed E-state index contributed by atoms with van der Waals surface area (Å²) in [6.45, 7) is 0.742. The highest BCUT2D eigenvalue weighted by Crippen LogP contribution is 2.47. The number of hydrogen-bond donors (Lipinski definition) is 1. The van der Waals surface area contributed by atoms with Crippen molar-refractivity contribution >= 4 is 10.0 Å². The second-order valence-electron chi connectivity index (χ2n) is 5.95. The molecule has 1 saturated heterocycles. The van der Waals surface area contributed by atoms with E-state index in [-0.39, 0.29) is 42.7 Å². The van der Waals surface area contributed by atoms with Crippen molar-refractivity contribution in [3.05, 3.63) is 29.8 Å². The SMILES string of the molecule is NCc1ccc(S(=O)(=O)N2CC3CC(F)(F)CC3C2)cc1. The molecule has 0 aromatic heterocycles. The second kappa shape index (κ2) is 5.00. The molecule has 0 radical (unpaired) electrons. The van der Waals surface area contributed by atoms with E-state index in [2.05, 4.69) is 0 Å². The summed E-state index contributed by atoms with van der Waals surface area (Å²) in [5.41, 5.74) is 6.34. The summed E-state index contributed by atoms with van der Waals surface area (Å²) in [5.74, 6) is -3.08. The molecule has 2 fully saturated rings. The van der Waals surface area contributed by atoms with Gasteiger partial charge in [-0.25, -0.2) is 17.2 Å². The molecule has 2 unspecified atom stereocenters. The van der Waals surface area contributed by atoms with Gasteiger partial charge in [-0.05, 0) is 29.5 Å². The quantitative estimate of drug-likeness (QED) is 0.925. The molecule has 4 nitrogen and oxygen atoms in total. The third-order valence-corrected chi connectivity index (χ3v) is 6.31. The van der Waals surface area contributed by atoms with Gasteiger partial charge in [-0.1, -0.05) is 12.1 Å². The Hall–Kier alpha value is -1.05. The van der Waals surface area contributed by atoms with Crippen LogP contribution in [0.15, 0.2) is 29.2 Å². The van der Waals surface area contributed by atoms with Crippen LogP contribution < -0.4 is 5.73 Å². The highest BCUT2D eigenvalue weighted by atomic mass is 32.2. The summed E-state index contributed by atoms with van der Waals surface area (Å²) in [7, 11) is -3.60. The first kappa shape index (κ1) is 14.9. The van der Waals surface area contributed by atoms with Crippen LogP contribution in [-0.4, -0.2) is 31.7 Å². The molecule has 2 aliphatic rings. The van der Waals surface area contributed by atoms with Crippen LogP contribution in [0.25, 0.3) is 0 Å². The van der Waals surface area contributed by atoms with Crippen molar-refractivity contribution in [1.29, 1.82) is 0 Å². The van der Waals surface area contributed by atoms with Crippen LogP contribution in [0.2, 0.25) is 0 Å². The Bertz CT molecular complexity index is 615. The second-order valence-corrected chi connectivity index (χ2v) is 7.89. The molecule has 2 atom stereocenters. The van der Waals surface area contributed by atoms with E-state index in [1.807, 2.05) is 0 Å². The van der Waals surface area contributed by atoms with Gasteiger partial charge in [-0.3, -0.25) is 0 Å². The summed E-state index contributed by atoms with van der Waals surface area (Å²) < 4.78 is 53.0. The van der Waals surface area contributed by atoms with Gasteiger partial charge in [0.05, 0.1) is 4.90 Å². The topological polar surface area (TPSA) is 63.4 Å². The third kappa shape index (κ3) is 2.69. The Balaban J connectivity index is 1.78. The maximum absolute atomic E-state index is 13.3. The number of nitrogens with two attached hydrogens (primary N) is 1. The Kier molecular flexibility index (Phi) is 3.54. The van der Waals surface area contributed by atoms with Crippen molar-refractivity contribution in [1.82, 2.24) is 4.31 Å². The first-order valence-corrected chi connectivity index (χ1v) is 8.43. The maximum Gasteiger partial charge on any atom is 0.248 e. The van der Waals surface area contributed by atoms with Gasteiger partial charge in [-0.15, -0.1) is 0 Å². The van der Waals surface area contributed by atoms with E-state index in [1.54, 1.807) is 12.1 Å². The zero-order chi connectivity index (χ0) is 15.3. The van der Waals surface area contributed by atoms with Crippen molar-refractivity contribution < 1.29 is 17.2 Å². The largest absolute Gasteiger partial charge is 0.326 e. The lowest BCUT2D eigenvalue weighted by atomic mass is 10.0. The minimum atomic E-state index is -3.60. The Morgan fingerprint density at radius 1 is 1.14 bits per heavy atom. The average molecular weight is 316 g/mol. The molecule has 1 aromatic carbocycles. The zero-order valence-electron chi connectivity index (χ0n) is 11.5. The first-order chi connectivity index (χ1) is 9.82. The van der Waals surface area contributed by atoms with Crippen molar-refractivity contribution in [3.63, 3.8) is 0 Å². The number of nitrogens with zero attached hydrogens (tertiary/aromatic N) is 1. The molecule has 1 saturated carbocycles. The number of rotatable bonds is 3. The highest BCUT2D eigenvalue weighted by Gasteiger charge is 2.52. The molecule has 116 valence electrons.